The third kappa shape index (κ3) is 4.48. The number of amides is 1. The van der Waals surface area contributed by atoms with Crippen LogP contribution in [0.25, 0.3) is 0 Å². The van der Waals surface area contributed by atoms with E-state index in [0.29, 0.717) is 19.1 Å². The highest BCUT2D eigenvalue weighted by Gasteiger charge is 2.29. The van der Waals surface area contributed by atoms with Gasteiger partial charge < -0.3 is 10.2 Å². The number of halogens is 1. The first-order valence-electron chi connectivity index (χ1n) is 9.64. The lowest BCUT2D eigenvalue weighted by atomic mass is 10.2. The number of fused-ring (bicyclic) bond motifs is 1. The first kappa shape index (κ1) is 21.8. The lowest BCUT2D eigenvalue weighted by Crippen LogP contribution is -2.52. The zero-order chi connectivity index (χ0) is 19.7. The Bertz CT molecular complexity index is 982. The van der Waals surface area contributed by atoms with Gasteiger partial charge >= 0.3 is 0 Å². The van der Waals surface area contributed by atoms with Crippen molar-refractivity contribution in [3.63, 3.8) is 0 Å². The van der Waals surface area contributed by atoms with Crippen LogP contribution in [0.3, 0.4) is 0 Å². The number of benzene rings is 2. The molecule has 4 rings (SSSR count). The lowest BCUT2D eigenvalue weighted by molar-refractivity contribution is -0.119. The number of carbonyl (C=O) groups excluding carboxylic acids is 1. The van der Waals surface area contributed by atoms with Gasteiger partial charge in [-0.25, -0.2) is 8.42 Å². The summed E-state index contributed by atoms with van der Waals surface area (Å²) in [5.41, 5.74) is 1.75. The van der Waals surface area contributed by atoms with Crippen molar-refractivity contribution in [3.05, 3.63) is 54.1 Å². The second-order valence-corrected chi connectivity index (χ2v) is 9.44. The molecule has 1 N–H and O–H groups in total. The zero-order valence-electron chi connectivity index (χ0n) is 16.4. The van der Waals surface area contributed by atoms with E-state index < -0.39 is 9.84 Å². The number of nitrogens with zero attached hydrogens (tertiary/aromatic N) is 2. The predicted octanol–water partition coefficient (Wildman–Crippen LogP) is 2.12. The fourth-order valence-electron chi connectivity index (χ4n) is 3.95. The summed E-state index contributed by atoms with van der Waals surface area (Å²) in [6, 6.07) is 13.9. The van der Waals surface area contributed by atoms with Crippen molar-refractivity contribution in [2.75, 3.05) is 37.6 Å². The minimum absolute atomic E-state index is 0. The summed E-state index contributed by atoms with van der Waals surface area (Å²) >= 11 is 0. The van der Waals surface area contributed by atoms with Crippen molar-refractivity contribution in [1.82, 2.24) is 10.2 Å². The maximum atomic E-state index is 12.9. The third-order valence-electron chi connectivity index (χ3n) is 5.43. The van der Waals surface area contributed by atoms with Gasteiger partial charge in [0.1, 0.15) is 0 Å². The third-order valence-corrected chi connectivity index (χ3v) is 7.20. The molecule has 0 aliphatic carbocycles. The Labute approximate surface area is 178 Å². The highest BCUT2D eigenvalue weighted by Crippen LogP contribution is 2.32. The van der Waals surface area contributed by atoms with Crippen LogP contribution in [0.1, 0.15) is 12.5 Å². The van der Waals surface area contributed by atoms with Gasteiger partial charge in [-0.05, 0) is 43.2 Å². The Morgan fingerprint density at radius 2 is 1.86 bits per heavy atom. The molecule has 2 aliphatic heterocycles. The van der Waals surface area contributed by atoms with Gasteiger partial charge in [0.05, 0.1) is 16.3 Å². The molecular formula is C21H26ClN3O3S. The second-order valence-electron chi connectivity index (χ2n) is 7.49. The highest BCUT2D eigenvalue weighted by molar-refractivity contribution is 7.91. The topological polar surface area (TPSA) is 69.7 Å². The van der Waals surface area contributed by atoms with E-state index in [0.717, 1.165) is 37.3 Å². The first-order valence-corrected chi connectivity index (χ1v) is 11.1. The first-order chi connectivity index (χ1) is 13.4. The molecule has 1 fully saturated rings. The summed E-state index contributed by atoms with van der Waals surface area (Å²) in [5.74, 6) is 0.0297. The van der Waals surface area contributed by atoms with E-state index in [1.807, 2.05) is 6.07 Å². The fourth-order valence-corrected chi connectivity index (χ4v) is 5.25. The smallest absolute Gasteiger partial charge is 0.241 e. The number of anilines is 1. The van der Waals surface area contributed by atoms with Gasteiger partial charge in [0.25, 0.3) is 0 Å². The van der Waals surface area contributed by atoms with Gasteiger partial charge in [0.15, 0.2) is 0 Å². The Morgan fingerprint density at radius 3 is 2.59 bits per heavy atom. The van der Waals surface area contributed by atoms with Crippen LogP contribution in [0.5, 0.6) is 0 Å². The average molecular weight is 436 g/mol. The molecule has 6 nitrogen and oxygen atoms in total. The molecule has 1 atom stereocenters. The molecule has 2 aromatic rings. The Balaban J connectivity index is 0.00000240. The van der Waals surface area contributed by atoms with Crippen molar-refractivity contribution >= 4 is 33.8 Å². The van der Waals surface area contributed by atoms with Crippen LogP contribution in [-0.2, 0) is 21.1 Å². The Morgan fingerprint density at radius 1 is 1.10 bits per heavy atom. The van der Waals surface area contributed by atoms with Crippen molar-refractivity contribution in [1.29, 1.82) is 0 Å². The van der Waals surface area contributed by atoms with E-state index in [-0.39, 0.29) is 28.1 Å². The molecule has 2 heterocycles. The molecule has 0 saturated carbocycles. The molecule has 0 spiro atoms. The van der Waals surface area contributed by atoms with E-state index in [2.05, 4.69) is 17.1 Å². The average Bonchev–Trinajstić information content (AvgIpc) is 3.12. The number of carbonyl (C=O) groups is 1. The van der Waals surface area contributed by atoms with Crippen LogP contribution in [0, 0.1) is 0 Å². The summed E-state index contributed by atoms with van der Waals surface area (Å²) in [4.78, 5) is 17.3. The van der Waals surface area contributed by atoms with Gasteiger partial charge in [-0.15, -0.1) is 12.4 Å². The minimum atomic E-state index is -3.60. The van der Waals surface area contributed by atoms with Gasteiger partial charge in [0, 0.05) is 37.9 Å². The normalized spacial score (nSPS) is 19.5. The molecule has 0 aromatic heterocycles. The summed E-state index contributed by atoms with van der Waals surface area (Å²) < 4.78 is 25.9. The summed E-state index contributed by atoms with van der Waals surface area (Å²) in [7, 11) is -3.60. The minimum Gasteiger partial charge on any atom is -0.312 e. The SMILES string of the molecule is C[C@@H]1CN(CC(=O)N2CCc3ccc(S(=O)(=O)c4ccccc4)cc32)CCN1.Cl. The van der Waals surface area contributed by atoms with E-state index in [1.54, 1.807) is 47.4 Å². The van der Waals surface area contributed by atoms with Crippen molar-refractivity contribution < 1.29 is 13.2 Å². The molecule has 156 valence electrons. The standard InChI is InChI=1S/C21H25N3O3S.ClH/c1-16-14-23(12-10-22-16)15-21(25)24-11-9-17-7-8-19(13-20(17)24)28(26,27)18-5-3-2-4-6-18;/h2-8,13,16,22H,9-12,14-15H2,1H3;1H/t16-;/m1./s1. The summed E-state index contributed by atoms with van der Waals surface area (Å²) in [5, 5.41) is 3.38. The zero-order valence-corrected chi connectivity index (χ0v) is 18.0. The quantitative estimate of drug-likeness (QED) is 0.796. The molecule has 2 aliphatic rings. The number of rotatable bonds is 4. The van der Waals surface area contributed by atoms with Crippen LogP contribution in [-0.4, -0.2) is 58.0 Å². The molecule has 1 amide bonds. The molecule has 8 heteroatoms. The highest BCUT2D eigenvalue weighted by atomic mass is 35.5. The monoisotopic (exact) mass is 435 g/mol. The van der Waals surface area contributed by atoms with E-state index in [9.17, 15) is 13.2 Å². The lowest BCUT2D eigenvalue weighted by Gasteiger charge is -2.32. The van der Waals surface area contributed by atoms with Gasteiger partial charge in [-0.1, -0.05) is 24.3 Å². The molecule has 29 heavy (non-hydrogen) atoms. The van der Waals surface area contributed by atoms with E-state index in [1.165, 1.54) is 0 Å². The fraction of sp³-hybridized carbons (Fsp3) is 0.381. The van der Waals surface area contributed by atoms with Crippen LogP contribution in [0.2, 0.25) is 0 Å². The van der Waals surface area contributed by atoms with E-state index >= 15 is 0 Å². The number of nitrogens with one attached hydrogen (secondary N) is 1. The van der Waals surface area contributed by atoms with Gasteiger partial charge in [0.2, 0.25) is 15.7 Å². The summed E-state index contributed by atoms with van der Waals surface area (Å²) in [6.45, 7) is 5.65. The largest absolute Gasteiger partial charge is 0.312 e. The number of hydrogen-bond acceptors (Lipinski definition) is 5. The number of sulfone groups is 1. The Kier molecular flexibility index (Phi) is 6.63. The van der Waals surface area contributed by atoms with Crippen LogP contribution >= 0.6 is 12.4 Å². The van der Waals surface area contributed by atoms with Crippen molar-refractivity contribution in [3.8, 4) is 0 Å². The van der Waals surface area contributed by atoms with Crippen LogP contribution in [0.15, 0.2) is 58.3 Å². The second kappa shape index (κ2) is 8.83. The molecule has 0 unspecified atom stereocenters. The molecule has 0 radical (unpaired) electrons. The Hall–Kier alpha value is -1.93. The van der Waals surface area contributed by atoms with E-state index in [4.69, 9.17) is 0 Å². The van der Waals surface area contributed by atoms with Crippen molar-refractivity contribution in [2.45, 2.75) is 29.2 Å². The predicted molar refractivity (Wildman–Crippen MR) is 116 cm³/mol. The van der Waals surface area contributed by atoms with Crippen LogP contribution in [0.4, 0.5) is 5.69 Å². The van der Waals surface area contributed by atoms with Crippen molar-refractivity contribution in [2.24, 2.45) is 0 Å². The van der Waals surface area contributed by atoms with Crippen LogP contribution < -0.4 is 10.2 Å². The molecule has 0 bridgehead atoms. The van der Waals surface area contributed by atoms with Gasteiger partial charge in [-0.3, -0.25) is 9.69 Å². The maximum absolute atomic E-state index is 12.9. The molecule has 1 saturated heterocycles. The number of hydrogen-bond donors (Lipinski definition) is 1. The summed E-state index contributed by atoms with van der Waals surface area (Å²) in [6.07, 6.45) is 0.755. The van der Waals surface area contributed by atoms with Gasteiger partial charge in [-0.2, -0.15) is 0 Å². The number of piperazine rings is 1. The maximum Gasteiger partial charge on any atom is 0.241 e. The molecular weight excluding hydrogens is 410 g/mol. The molecule has 2 aromatic carbocycles.